The first-order valence-corrected chi connectivity index (χ1v) is 6.22. The smallest absolute Gasteiger partial charge is 0.238 e. The number of rotatable bonds is 3. The number of hydrogen-bond donors (Lipinski definition) is 1. The van der Waals surface area contributed by atoms with E-state index in [-0.39, 0.29) is 16.7 Å². The Labute approximate surface area is 105 Å². The minimum absolute atomic E-state index is 0.0243. The number of alkyl halides is 1. The molecule has 0 aliphatic carbocycles. The molecule has 88 valence electrons. The van der Waals surface area contributed by atoms with Crippen LogP contribution in [0.5, 0.6) is 0 Å². The van der Waals surface area contributed by atoms with Crippen molar-refractivity contribution in [2.24, 2.45) is 5.92 Å². The average molecular weight is 285 g/mol. The maximum Gasteiger partial charge on any atom is 0.238 e. The third kappa shape index (κ3) is 3.30. The normalized spacial score (nSPS) is 12.6. The highest BCUT2D eigenvalue weighted by atomic mass is 79.9. The molecule has 1 aromatic rings. The summed E-state index contributed by atoms with van der Waals surface area (Å²) in [4.78, 5) is 15.9. The van der Waals surface area contributed by atoms with E-state index < -0.39 is 0 Å². The van der Waals surface area contributed by atoms with Crippen molar-refractivity contribution in [3.05, 3.63) is 23.5 Å². The van der Waals surface area contributed by atoms with E-state index >= 15 is 0 Å². The Hall–Kier alpha value is -0.900. The van der Waals surface area contributed by atoms with Gasteiger partial charge in [0.25, 0.3) is 0 Å². The highest BCUT2D eigenvalue weighted by molar-refractivity contribution is 9.10. The number of pyridine rings is 1. The number of hydrogen-bond acceptors (Lipinski definition) is 2. The predicted molar refractivity (Wildman–Crippen MR) is 69.9 cm³/mol. The van der Waals surface area contributed by atoms with Gasteiger partial charge in [-0.25, -0.2) is 0 Å². The van der Waals surface area contributed by atoms with Gasteiger partial charge < -0.3 is 5.32 Å². The Bertz CT molecular complexity index is 391. The second-order valence-electron chi connectivity index (χ2n) is 4.22. The van der Waals surface area contributed by atoms with Gasteiger partial charge in [0.05, 0.1) is 16.2 Å². The standard InChI is InChI=1S/C12H17BrN2O/c1-7(2)11(13)12(16)15-10-6-5-8(3)14-9(10)4/h5-7,11H,1-4H3,(H,15,16). The summed E-state index contributed by atoms with van der Waals surface area (Å²) in [6.45, 7) is 7.82. The molecule has 1 amide bonds. The molecule has 1 atom stereocenters. The van der Waals surface area contributed by atoms with Crippen LogP contribution in [-0.4, -0.2) is 15.7 Å². The Balaban J connectivity index is 2.77. The van der Waals surface area contributed by atoms with Crippen LogP contribution in [0.15, 0.2) is 12.1 Å². The lowest BCUT2D eigenvalue weighted by molar-refractivity contribution is -0.116. The number of carbonyl (C=O) groups is 1. The predicted octanol–water partition coefficient (Wildman–Crippen LogP) is 3.06. The summed E-state index contributed by atoms with van der Waals surface area (Å²) < 4.78 is 0. The first kappa shape index (κ1) is 13.2. The van der Waals surface area contributed by atoms with E-state index in [1.807, 2.05) is 39.8 Å². The molecule has 0 bridgehead atoms. The lowest BCUT2D eigenvalue weighted by atomic mass is 10.1. The number of aryl methyl sites for hydroxylation is 2. The third-order valence-electron chi connectivity index (χ3n) is 2.32. The zero-order valence-corrected chi connectivity index (χ0v) is 11.6. The van der Waals surface area contributed by atoms with E-state index in [4.69, 9.17) is 0 Å². The molecule has 1 N–H and O–H groups in total. The van der Waals surface area contributed by atoms with Crippen LogP contribution in [0.2, 0.25) is 0 Å². The molecule has 0 saturated carbocycles. The minimum atomic E-state index is -0.173. The Morgan fingerprint density at radius 2 is 2.00 bits per heavy atom. The summed E-state index contributed by atoms with van der Waals surface area (Å²) >= 11 is 3.37. The lowest BCUT2D eigenvalue weighted by Crippen LogP contribution is -2.27. The zero-order chi connectivity index (χ0) is 12.3. The number of anilines is 1. The van der Waals surface area contributed by atoms with Gasteiger partial charge in [0.2, 0.25) is 5.91 Å². The molecule has 0 aromatic carbocycles. The van der Waals surface area contributed by atoms with Crippen molar-refractivity contribution in [1.29, 1.82) is 0 Å². The van der Waals surface area contributed by atoms with Crippen molar-refractivity contribution in [3.63, 3.8) is 0 Å². The van der Waals surface area contributed by atoms with E-state index in [2.05, 4.69) is 26.2 Å². The largest absolute Gasteiger partial charge is 0.324 e. The van der Waals surface area contributed by atoms with Crippen LogP contribution < -0.4 is 5.32 Å². The van der Waals surface area contributed by atoms with Gasteiger partial charge in [-0.05, 0) is 31.9 Å². The molecule has 1 aromatic heterocycles. The maximum atomic E-state index is 11.8. The number of aromatic nitrogens is 1. The van der Waals surface area contributed by atoms with Crippen molar-refractivity contribution >= 4 is 27.5 Å². The van der Waals surface area contributed by atoms with Crippen LogP contribution in [0.25, 0.3) is 0 Å². The highest BCUT2D eigenvalue weighted by Gasteiger charge is 2.19. The quantitative estimate of drug-likeness (QED) is 0.867. The fraction of sp³-hybridized carbons (Fsp3) is 0.500. The number of carbonyl (C=O) groups excluding carboxylic acids is 1. The molecule has 0 radical (unpaired) electrons. The lowest BCUT2D eigenvalue weighted by Gasteiger charge is -2.14. The van der Waals surface area contributed by atoms with Crippen LogP contribution in [0.3, 0.4) is 0 Å². The Morgan fingerprint density at radius 3 is 2.50 bits per heavy atom. The van der Waals surface area contributed by atoms with Crippen LogP contribution in [-0.2, 0) is 4.79 Å². The molecular weight excluding hydrogens is 268 g/mol. The molecule has 1 heterocycles. The molecule has 0 spiro atoms. The summed E-state index contributed by atoms with van der Waals surface area (Å²) in [5.74, 6) is 0.238. The molecule has 4 heteroatoms. The van der Waals surface area contributed by atoms with Crippen LogP contribution in [0.1, 0.15) is 25.2 Å². The van der Waals surface area contributed by atoms with Crippen LogP contribution in [0.4, 0.5) is 5.69 Å². The minimum Gasteiger partial charge on any atom is -0.324 e. The maximum absolute atomic E-state index is 11.8. The van der Waals surface area contributed by atoms with E-state index in [0.717, 1.165) is 17.1 Å². The summed E-state index contributed by atoms with van der Waals surface area (Å²) in [5, 5.41) is 2.87. The molecule has 0 aliphatic rings. The highest BCUT2D eigenvalue weighted by Crippen LogP contribution is 2.17. The topological polar surface area (TPSA) is 42.0 Å². The van der Waals surface area contributed by atoms with Crippen molar-refractivity contribution in [3.8, 4) is 0 Å². The van der Waals surface area contributed by atoms with Gasteiger partial charge >= 0.3 is 0 Å². The van der Waals surface area contributed by atoms with Crippen molar-refractivity contribution in [1.82, 2.24) is 4.98 Å². The fourth-order valence-corrected chi connectivity index (χ4v) is 1.44. The molecule has 0 fully saturated rings. The van der Waals surface area contributed by atoms with Gasteiger partial charge in [-0.2, -0.15) is 0 Å². The van der Waals surface area contributed by atoms with E-state index in [9.17, 15) is 4.79 Å². The van der Waals surface area contributed by atoms with Gasteiger partial charge in [0, 0.05) is 5.69 Å². The monoisotopic (exact) mass is 284 g/mol. The van der Waals surface area contributed by atoms with E-state index in [0.29, 0.717) is 0 Å². The molecule has 0 aliphatic heterocycles. The SMILES string of the molecule is Cc1ccc(NC(=O)C(Br)C(C)C)c(C)n1. The molecule has 1 rings (SSSR count). The average Bonchev–Trinajstić information content (AvgIpc) is 2.20. The van der Waals surface area contributed by atoms with Gasteiger partial charge in [-0.1, -0.05) is 29.8 Å². The summed E-state index contributed by atoms with van der Waals surface area (Å²) in [5.41, 5.74) is 2.58. The molecule has 1 unspecified atom stereocenters. The van der Waals surface area contributed by atoms with Gasteiger partial charge in [-0.3, -0.25) is 9.78 Å². The second-order valence-corrected chi connectivity index (χ2v) is 5.21. The summed E-state index contributed by atoms with van der Waals surface area (Å²) in [6, 6.07) is 3.77. The zero-order valence-electron chi connectivity index (χ0n) is 10.0. The van der Waals surface area contributed by atoms with Crippen molar-refractivity contribution < 1.29 is 4.79 Å². The number of nitrogens with one attached hydrogen (secondary N) is 1. The number of nitrogens with zero attached hydrogens (tertiary/aromatic N) is 1. The van der Waals surface area contributed by atoms with Crippen molar-refractivity contribution in [2.45, 2.75) is 32.5 Å². The van der Waals surface area contributed by atoms with Crippen LogP contribution in [0, 0.1) is 19.8 Å². The molecule has 16 heavy (non-hydrogen) atoms. The van der Waals surface area contributed by atoms with Crippen molar-refractivity contribution in [2.75, 3.05) is 5.32 Å². The van der Waals surface area contributed by atoms with Gasteiger partial charge in [0.1, 0.15) is 0 Å². The first-order valence-electron chi connectivity index (χ1n) is 5.31. The Kier molecular flexibility index (Phi) is 4.47. The van der Waals surface area contributed by atoms with Crippen LogP contribution >= 0.6 is 15.9 Å². The Morgan fingerprint density at radius 1 is 1.38 bits per heavy atom. The second kappa shape index (κ2) is 5.43. The summed E-state index contributed by atoms with van der Waals surface area (Å²) in [6.07, 6.45) is 0. The van der Waals surface area contributed by atoms with Gasteiger partial charge in [-0.15, -0.1) is 0 Å². The molecule has 0 saturated heterocycles. The van der Waals surface area contributed by atoms with E-state index in [1.54, 1.807) is 0 Å². The third-order valence-corrected chi connectivity index (χ3v) is 3.79. The number of halogens is 1. The first-order chi connectivity index (χ1) is 7.41. The number of amides is 1. The van der Waals surface area contributed by atoms with Gasteiger partial charge in [0.15, 0.2) is 0 Å². The fourth-order valence-electron chi connectivity index (χ4n) is 1.32. The summed E-state index contributed by atoms with van der Waals surface area (Å²) in [7, 11) is 0. The molecule has 3 nitrogen and oxygen atoms in total. The molecular formula is C12H17BrN2O. The van der Waals surface area contributed by atoms with E-state index in [1.165, 1.54) is 0 Å².